The fourth-order valence-corrected chi connectivity index (χ4v) is 0.700. The highest BCUT2D eigenvalue weighted by atomic mass is 16.1. The number of amides is 1. The van der Waals surface area contributed by atoms with Crippen molar-refractivity contribution in [3.63, 3.8) is 0 Å². The summed E-state index contributed by atoms with van der Waals surface area (Å²) < 4.78 is 0. The molecule has 0 aliphatic rings. The number of nitrogens with zero attached hydrogens (tertiary/aromatic N) is 1. The topological polar surface area (TPSA) is 57.8 Å². The van der Waals surface area contributed by atoms with E-state index in [0.717, 1.165) is 5.69 Å². The van der Waals surface area contributed by atoms with Crippen LogP contribution in [-0.4, -0.2) is 15.9 Å². The zero-order chi connectivity index (χ0) is 10.1. The molecule has 0 bridgehead atoms. The van der Waals surface area contributed by atoms with E-state index in [1.54, 1.807) is 12.5 Å². The van der Waals surface area contributed by atoms with Crippen LogP contribution >= 0.6 is 0 Å². The van der Waals surface area contributed by atoms with Crippen molar-refractivity contribution < 1.29 is 4.79 Å². The first-order chi connectivity index (χ1) is 6.33. The van der Waals surface area contributed by atoms with Crippen LogP contribution in [0, 0.1) is 0 Å². The number of imidazole rings is 1. The van der Waals surface area contributed by atoms with Crippen LogP contribution in [0.25, 0.3) is 0 Å². The normalized spacial score (nSPS) is 8.54. The summed E-state index contributed by atoms with van der Waals surface area (Å²) in [4.78, 5) is 17.5. The zero-order valence-corrected chi connectivity index (χ0v) is 8.42. The molecular weight excluding hydrogens is 166 g/mol. The third-order valence-corrected chi connectivity index (χ3v) is 1.35. The highest BCUT2D eigenvalue weighted by Gasteiger charge is 1.96. The van der Waals surface area contributed by atoms with Crippen molar-refractivity contribution in [3.05, 3.63) is 18.2 Å². The molecule has 0 saturated heterocycles. The number of carbonyl (C=O) groups excluding carboxylic acids is 1. The molecule has 74 valence electrons. The van der Waals surface area contributed by atoms with Crippen molar-refractivity contribution >= 4 is 5.91 Å². The Morgan fingerprint density at radius 2 is 2.31 bits per heavy atom. The predicted molar refractivity (Wildman–Crippen MR) is 52.1 cm³/mol. The van der Waals surface area contributed by atoms with Crippen LogP contribution in [0.15, 0.2) is 12.5 Å². The van der Waals surface area contributed by atoms with E-state index < -0.39 is 0 Å². The van der Waals surface area contributed by atoms with Gasteiger partial charge in [0.05, 0.1) is 18.6 Å². The van der Waals surface area contributed by atoms with Crippen molar-refractivity contribution in [2.24, 2.45) is 0 Å². The minimum Gasteiger partial charge on any atom is -0.350 e. The van der Waals surface area contributed by atoms with E-state index in [1.807, 2.05) is 20.8 Å². The molecule has 0 spiro atoms. The molecule has 4 nitrogen and oxygen atoms in total. The second-order valence-electron chi connectivity index (χ2n) is 2.21. The van der Waals surface area contributed by atoms with Crippen LogP contribution in [-0.2, 0) is 11.3 Å². The number of carbonyl (C=O) groups is 1. The molecule has 2 N–H and O–H groups in total. The molecule has 13 heavy (non-hydrogen) atoms. The van der Waals surface area contributed by atoms with E-state index in [1.165, 1.54) is 0 Å². The van der Waals surface area contributed by atoms with E-state index in [-0.39, 0.29) is 5.91 Å². The van der Waals surface area contributed by atoms with Crippen molar-refractivity contribution in [2.45, 2.75) is 33.7 Å². The molecule has 1 aromatic rings. The summed E-state index contributed by atoms with van der Waals surface area (Å²) in [7, 11) is 0. The first-order valence-corrected chi connectivity index (χ1v) is 4.57. The monoisotopic (exact) mass is 183 g/mol. The lowest BCUT2D eigenvalue weighted by Crippen LogP contribution is -2.21. The van der Waals surface area contributed by atoms with Crippen molar-refractivity contribution in [3.8, 4) is 0 Å². The average Bonchev–Trinajstić information content (AvgIpc) is 2.70. The fraction of sp³-hybridized carbons (Fsp3) is 0.556. The number of aromatic nitrogens is 2. The number of aromatic amines is 1. The van der Waals surface area contributed by atoms with Crippen LogP contribution in [0.4, 0.5) is 0 Å². The summed E-state index contributed by atoms with van der Waals surface area (Å²) in [5.74, 6) is 0.0552. The number of rotatable bonds is 3. The number of hydrogen-bond acceptors (Lipinski definition) is 2. The van der Waals surface area contributed by atoms with Crippen LogP contribution in [0.5, 0.6) is 0 Å². The van der Waals surface area contributed by atoms with Crippen LogP contribution in [0.3, 0.4) is 0 Å². The zero-order valence-electron chi connectivity index (χ0n) is 8.42. The van der Waals surface area contributed by atoms with E-state index in [9.17, 15) is 4.79 Å². The third kappa shape index (κ3) is 5.00. The molecule has 1 heterocycles. The second kappa shape index (κ2) is 7.34. The smallest absolute Gasteiger partial charge is 0.220 e. The van der Waals surface area contributed by atoms with Crippen molar-refractivity contribution in [1.29, 1.82) is 0 Å². The number of hydrogen-bond donors (Lipinski definition) is 2. The molecule has 0 aliphatic carbocycles. The molecule has 1 amide bonds. The molecule has 4 heteroatoms. The molecular formula is C9H17N3O. The Morgan fingerprint density at radius 1 is 1.62 bits per heavy atom. The highest BCUT2D eigenvalue weighted by molar-refractivity contribution is 5.75. The van der Waals surface area contributed by atoms with Gasteiger partial charge in [0.25, 0.3) is 0 Å². The van der Waals surface area contributed by atoms with Gasteiger partial charge in [0.1, 0.15) is 0 Å². The Labute approximate surface area is 78.8 Å². The van der Waals surface area contributed by atoms with Crippen molar-refractivity contribution in [1.82, 2.24) is 15.3 Å². The highest BCUT2D eigenvalue weighted by Crippen LogP contribution is 1.89. The van der Waals surface area contributed by atoms with Gasteiger partial charge in [0.15, 0.2) is 0 Å². The van der Waals surface area contributed by atoms with Gasteiger partial charge in [0.2, 0.25) is 5.91 Å². The molecule has 1 rings (SSSR count). The summed E-state index contributed by atoms with van der Waals surface area (Å²) in [6, 6.07) is 0. The van der Waals surface area contributed by atoms with Gasteiger partial charge in [-0.3, -0.25) is 4.79 Å². The van der Waals surface area contributed by atoms with E-state index in [2.05, 4.69) is 15.3 Å². The van der Waals surface area contributed by atoms with Gasteiger partial charge in [-0.05, 0) is 0 Å². The van der Waals surface area contributed by atoms with Gasteiger partial charge >= 0.3 is 0 Å². The van der Waals surface area contributed by atoms with Crippen molar-refractivity contribution in [2.75, 3.05) is 0 Å². The number of H-pyrrole nitrogens is 1. The molecule has 0 aliphatic heterocycles. The van der Waals surface area contributed by atoms with Crippen LogP contribution < -0.4 is 5.32 Å². The SMILES string of the molecule is CC.CCC(=O)NCc1cnc[nH]1. The lowest BCUT2D eigenvalue weighted by atomic mass is 10.4. The van der Waals surface area contributed by atoms with Crippen LogP contribution in [0.1, 0.15) is 32.9 Å². The third-order valence-electron chi connectivity index (χ3n) is 1.35. The van der Waals surface area contributed by atoms with Gasteiger partial charge in [-0.2, -0.15) is 0 Å². The average molecular weight is 183 g/mol. The molecule has 0 unspecified atom stereocenters. The summed E-state index contributed by atoms with van der Waals surface area (Å²) in [6.45, 7) is 6.36. The summed E-state index contributed by atoms with van der Waals surface area (Å²) in [5, 5.41) is 2.72. The molecule has 0 aromatic carbocycles. The predicted octanol–water partition coefficient (Wildman–Crippen LogP) is 1.46. The Kier molecular flexibility index (Phi) is 6.59. The Morgan fingerprint density at radius 3 is 2.77 bits per heavy atom. The molecule has 0 fully saturated rings. The maximum atomic E-state index is 10.8. The largest absolute Gasteiger partial charge is 0.350 e. The minimum absolute atomic E-state index is 0.0552. The Bertz CT molecular complexity index is 219. The number of nitrogens with one attached hydrogen (secondary N) is 2. The Hall–Kier alpha value is -1.32. The Balaban J connectivity index is 0.000000671. The summed E-state index contributed by atoms with van der Waals surface area (Å²) in [5.41, 5.74) is 0.923. The fourth-order valence-electron chi connectivity index (χ4n) is 0.700. The maximum absolute atomic E-state index is 10.8. The molecule has 0 atom stereocenters. The van der Waals surface area contributed by atoms with Gasteiger partial charge in [-0.15, -0.1) is 0 Å². The standard InChI is InChI=1S/C7H11N3O.C2H6/c1-2-7(11)9-4-6-3-8-5-10-6;1-2/h3,5H,2,4H2,1H3,(H,8,10)(H,9,11);1-2H3. The first kappa shape index (κ1) is 11.7. The summed E-state index contributed by atoms with van der Waals surface area (Å²) >= 11 is 0. The lowest BCUT2D eigenvalue weighted by Gasteiger charge is -1.98. The van der Waals surface area contributed by atoms with Gasteiger partial charge < -0.3 is 10.3 Å². The minimum atomic E-state index is 0.0552. The second-order valence-corrected chi connectivity index (χ2v) is 2.21. The molecule has 0 radical (unpaired) electrons. The van der Waals surface area contributed by atoms with E-state index in [4.69, 9.17) is 0 Å². The van der Waals surface area contributed by atoms with Crippen LogP contribution in [0.2, 0.25) is 0 Å². The maximum Gasteiger partial charge on any atom is 0.220 e. The molecule has 1 aromatic heterocycles. The summed E-state index contributed by atoms with van der Waals surface area (Å²) in [6.07, 6.45) is 3.80. The quantitative estimate of drug-likeness (QED) is 0.745. The van der Waals surface area contributed by atoms with E-state index in [0.29, 0.717) is 13.0 Å². The van der Waals surface area contributed by atoms with Gasteiger partial charge in [-0.25, -0.2) is 4.98 Å². The first-order valence-electron chi connectivity index (χ1n) is 4.57. The lowest BCUT2D eigenvalue weighted by molar-refractivity contribution is -0.120. The van der Waals surface area contributed by atoms with E-state index >= 15 is 0 Å². The van der Waals surface area contributed by atoms with Gasteiger partial charge in [-0.1, -0.05) is 20.8 Å². The molecule has 0 saturated carbocycles. The van der Waals surface area contributed by atoms with Gasteiger partial charge in [0, 0.05) is 12.6 Å².